The van der Waals surface area contributed by atoms with Crippen molar-refractivity contribution in [1.82, 2.24) is 4.90 Å². The minimum absolute atomic E-state index is 0.0691. The Kier molecular flexibility index (Phi) is 4.34. The zero-order valence-corrected chi connectivity index (χ0v) is 11.3. The second-order valence-electron chi connectivity index (χ2n) is 4.91. The van der Waals surface area contributed by atoms with E-state index in [0.29, 0.717) is 18.8 Å². The van der Waals surface area contributed by atoms with E-state index in [1.165, 1.54) is 0 Å². The lowest BCUT2D eigenvalue weighted by atomic mass is 10.2. The molecule has 0 spiro atoms. The van der Waals surface area contributed by atoms with Crippen LogP contribution in [0.1, 0.15) is 5.56 Å². The Hall–Kier alpha value is -1.66. The molecule has 1 heterocycles. The Morgan fingerprint density at radius 3 is 3.05 bits per heavy atom. The van der Waals surface area contributed by atoms with Crippen LogP contribution in [-0.4, -0.2) is 49.2 Å². The highest BCUT2D eigenvalue weighted by Crippen LogP contribution is 2.25. The number of aryl methyl sites for hydroxylation is 1. The second-order valence-corrected chi connectivity index (χ2v) is 4.91. The number of nitro groups is 1. The van der Waals surface area contributed by atoms with Crippen LogP contribution in [-0.2, 0) is 4.74 Å². The fraction of sp³-hybridized carbons (Fsp3) is 0.538. The monoisotopic (exact) mass is 265 g/mol. The molecule has 104 valence electrons. The topological polar surface area (TPSA) is 67.6 Å². The maximum absolute atomic E-state index is 11.0. The molecule has 1 N–H and O–H groups in total. The third kappa shape index (κ3) is 3.65. The maximum atomic E-state index is 11.0. The molecule has 1 aromatic rings. The molecule has 1 aromatic carbocycles. The first-order chi connectivity index (χ1) is 9.06. The number of anilines is 1. The van der Waals surface area contributed by atoms with Crippen molar-refractivity contribution < 1.29 is 9.66 Å². The summed E-state index contributed by atoms with van der Waals surface area (Å²) >= 11 is 0. The number of likely N-dealkylation sites (N-methyl/N-ethyl adjacent to an activating group) is 1. The molecule has 0 aliphatic carbocycles. The van der Waals surface area contributed by atoms with Gasteiger partial charge in [0.25, 0.3) is 5.69 Å². The van der Waals surface area contributed by atoms with Gasteiger partial charge in [-0.3, -0.25) is 10.1 Å². The average molecular weight is 265 g/mol. The first-order valence-corrected chi connectivity index (χ1v) is 6.35. The molecule has 6 nitrogen and oxygen atoms in total. The summed E-state index contributed by atoms with van der Waals surface area (Å²) in [6, 6.07) is 5.19. The van der Waals surface area contributed by atoms with Gasteiger partial charge in [0.2, 0.25) is 0 Å². The number of rotatable bonds is 4. The minimum atomic E-state index is -0.358. The predicted octanol–water partition coefficient (Wildman–Crippen LogP) is 1.65. The zero-order chi connectivity index (χ0) is 13.8. The fourth-order valence-corrected chi connectivity index (χ4v) is 2.16. The second kappa shape index (κ2) is 5.99. The average Bonchev–Trinajstić information content (AvgIpc) is 2.37. The highest BCUT2D eigenvalue weighted by molar-refractivity contribution is 5.62. The van der Waals surface area contributed by atoms with Gasteiger partial charge in [0.05, 0.1) is 17.6 Å². The number of nitro benzene ring substituents is 1. The number of morpholine rings is 1. The van der Waals surface area contributed by atoms with Gasteiger partial charge in [-0.05, 0) is 25.6 Å². The van der Waals surface area contributed by atoms with Crippen molar-refractivity contribution in [3.63, 3.8) is 0 Å². The van der Waals surface area contributed by atoms with E-state index in [9.17, 15) is 10.1 Å². The van der Waals surface area contributed by atoms with Gasteiger partial charge >= 0.3 is 0 Å². The maximum Gasteiger partial charge on any atom is 0.292 e. The summed E-state index contributed by atoms with van der Waals surface area (Å²) in [6.07, 6.45) is 0.0691. The quantitative estimate of drug-likeness (QED) is 0.662. The molecule has 6 heteroatoms. The Balaban J connectivity index is 2.01. The molecular formula is C13H19N3O3. The Bertz CT molecular complexity index is 464. The first kappa shape index (κ1) is 13.8. The first-order valence-electron chi connectivity index (χ1n) is 6.35. The summed E-state index contributed by atoms with van der Waals surface area (Å²) in [7, 11) is 2.05. The van der Waals surface area contributed by atoms with E-state index in [2.05, 4.69) is 10.2 Å². The van der Waals surface area contributed by atoms with Crippen molar-refractivity contribution in [3.8, 4) is 0 Å². The summed E-state index contributed by atoms with van der Waals surface area (Å²) in [5.41, 5.74) is 1.54. The molecule has 0 bridgehead atoms. The van der Waals surface area contributed by atoms with Crippen LogP contribution in [0.3, 0.4) is 0 Å². The fourth-order valence-electron chi connectivity index (χ4n) is 2.16. The van der Waals surface area contributed by atoms with Crippen LogP contribution < -0.4 is 5.32 Å². The smallest absolute Gasteiger partial charge is 0.292 e. The van der Waals surface area contributed by atoms with Crippen molar-refractivity contribution in [1.29, 1.82) is 0 Å². The molecule has 1 aliphatic heterocycles. The Morgan fingerprint density at radius 2 is 2.37 bits per heavy atom. The van der Waals surface area contributed by atoms with Crippen molar-refractivity contribution in [2.45, 2.75) is 13.0 Å². The number of nitrogens with zero attached hydrogens (tertiary/aromatic N) is 2. The standard InChI is InChI=1S/C13H19N3O3/c1-10-3-4-12(13(7-10)16(17)18)14-8-11-9-15(2)5-6-19-11/h3-4,7,11,14H,5-6,8-9H2,1-2H3. The lowest BCUT2D eigenvalue weighted by Crippen LogP contribution is -2.43. The summed E-state index contributed by atoms with van der Waals surface area (Å²) in [6.45, 7) is 4.90. The van der Waals surface area contributed by atoms with Crippen LogP contribution in [0.5, 0.6) is 0 Å². The minimum Gasteiger partial charge on any atom is -0.377 e. The van der Waals surface area contributed by atoms with E-state index in [1.807, 2.05) is 20.0 Å². The van der Waals surface area contributed by atoms with Gasteiger partial charge in [-0.25, -0.2) is 0 Å². The van der Waals surface area contributed by atoms with Crippen molar-refractivity contribution in [2.24, 2.45) is 0 Å². The largest absolute Gasteiger partial charge is 0.377 e. The Morgan fingerprint density at radius 1 is 1.58 bits per heavy atom. The number of hydrogen-bond donors (Lipinski definition) is 1. The van der Waals surface area contributed by atoms with E-state index >= 15 is 0 Å². The SMILES string of the molecule is Cc1ccc(NCC2CN(C)CCO2)c([N+](=O)[O-])c1. The van der Waals surface area contributed by atoms with Crippen molar-refractivity contribution >= 4 is 11.4 Å². The number of benzene rings is 1. The van der Waals surface area contributed by atoms with Crippen molar-refractivity contribution in [2.75, 3.05) is 38.6 Å². The normalized spacial score (nSPS) is 20.2. The number of nitrogens with one attached hydrogen (secondary N) is 1. The van der Waals surface area contributed by atoms with Crippen LogP contribution in [0.15, 0.2) is 18.2 Å². The summed E-state index contributed by atoms with van der Waals surface area (Å²) in [5.74, 6) is 0. The number of hydrogen-bond acceptors (Lipinski definition) is 5. The lowest BCUT2D eigenvalue weighted by Gasteiger charge is -2.30. The third-order valence-corrected chi connectivity index (χ3v) is 3.21. The van der Waals surface area contributed by atoms with Crippen molar-refractivity contribution in [3.05, 3.63) is 33.9 Å². The van der Waals surface area contributed by atoms with Gasteiger partial charge in [0, 0.05) is 25.7 Å². The van der Waals surface area contributed by atoms with E-state index in [4.69, 9.17) is 4.74 Å². The molecular weight excluding hydrogens is 246 g/mol. The van der Waals surface area contributed by atoms with Crippen LogP contribution >= 0.6 is 0 Å². The molecule has 0 aromatic heterocycles. The van der Waals surface area contributed by atoms with Crippen LogP contribution in [0, 0.1) is 17.0 Å². The number of ether oxygens (including phenoxy) is 1. The van der Waals surface area contributed by atoms with E-state index in [0.717, 1.165) is 18.7 Å². The molecule has 1 saturated heterocycles. The zero-order valence-electron chi connectivity index (χ0n) is 11.3. The van der Waals surface area contributed by atoms with E-state index in [1.54, 1.807) is 12.1 Å². The molecule has 2 rings (SSSR count). The van der Waals surface area contributed by atoms with Gasteiger partial charge in [-0.15, -0.1) is 0 Å². The molecule has 1 aliphatic rings. The van der Waals surface area contributed by atoms with Crippen LogP contribution in [0.4, 0.5) is 11.4 Å². The Labute approximate surface area is 112 Å². The molecule has 0 amide bonds. The molecule has 0 saturated carbocycles. The van der Waals surface area contributed by atoms with Gasteiger partial charge in [0.15, 0.2) is 0 Å². The van der Waals surface area contributed by atoms with E-state index < -0.39 is 0 Å². The van der Waals surface area contributed by atoms with E-state index in [-0.39, 0.29) is 16.7 Å². The van der Waals surface area contributed by atoms with Gasteiger partial charge in [0.1, 0.15) is 5.69 Å². The molecule has 19 heavy (non-hydrogen) atoms. The lowest BCUT2D eigenvalue weighted by molar-refractivity contribution is -0.384. The highest BCUT2D eigenvalue weighted by Gasteiger charge is 2.19. The molecule has 1 fully saturated rings. The summed E-state index contributed by atoms with van der Waals surface area (Å²) in [4.78, 5) is 12.8. The van der Waals surface area contributed by atoms with Gasteiger partial charge in [-0.1, -0.05) is 6.07 Å². The summed E-state index contributed by atoms with van der Waals surface area (Å²) in [5, 5.41) is 14.1. The van der Waals surface area contributed by atoms with Gasteiger partial charge < -0.3 is 15.0 Å². The molecule has 0 radical (unpaired) electrons. The van der Waals surface area contributed by atoms with Crippen LogP contribution in [0.25, 0.3) is 0 Å². The highest BCUT2D eigenvalue weighted by atomic mass is 16.6. The molecule has 1 unspecified atom stereocenters. The molecule has 1 atom stereocenters. The summed E-state index contributed by atoms with van der Waals surface area (Å²) < 4.78 is 5.62. The van der Waals surface area contributed by atoms with Gasteiger partial charge in [-0.2, -0.15) is 0 Å². The predicted molar refractivity (Wildman–Crippen MR) is 73.6 cm³/mol. The van der Waals surface area contributed by atoms with Crippen LogP contribution in [0.2, 0.25) is 0 Å². The third-order valence-electron chi connectivity index (χ3n) is 3.21.